The summed E-state index contributed by atoms with van der Waals surface area (Å²) in [6, 6.07) is 3.94. The molecule has 4 nitrogen and oxygen atoms in total. The fourth-order valence-corrected chi connectivity index (χ4v) is 0.840. The number of nitrogens with one attached hydrogen (secondary N) is 1. The Morgan fingerprint density at radius 2 is 1.69 bits per heavy atom. The molecular formula is C9H6F3NO3. The minimum Gasteiger partial charge on any atom is -0.476 e. The van der Waals surface area contributed by atoms with Crippen LogP contribution >= 0.6 is 0 Å². The smallest absolute Gasteiger partial charge is 0.418 e. The molecule has 0 aliphatic heterocycles. The molecule has 0 radical (unpaired) electrons. The number of carbonyl (C=O) groups excluding carboxylic acids is 1. The molecule has 16 heavy (non-hydrogen) atoms. The summed E-state index contributed by atoms with van der Waals surface area (Å²) in [5.74, 6) is -9.66. The van der Waals surface area contributed by atoms with Crippen molar-refractivity contribution in [2.75, 3.05) is 5.32 Å². The molecule has 1 amide bonds. The van der Waals surface area contributed by atoms with Gasteiger partial charge < -0.3 is 10.4 Å². The maximum Gasteiger partial charge on any atom is 0.418 e. The molecule has 0 atom stereocenters. The van der Waals surface area contributed by atoms with Gasteiger partial charge in [0.15, 0.2) is 0 Å². The molecular weight excluding hydrogens is 227 g/mol. The molecule has 86 valence electrons. The van der Waals surface area contributed by atoms with E-state index in [0.29, 0.717) is 0 Å². The Labute approximate surface area is 87.7 Å². The van der Waals surface area contributed by atoms with E-state index in [1.54, 1.807) is 5.32 Å². The van der Waals surface area contributed by atoms with E-state index in [-0.39, 0.29) is 5.69 Å². The summed E-state index contributed by atoms with van der Waals surface area (Å²) in [5.41, 5.74) is -0.118. The number of hydrogen-bond donors (Lipinski definition) is 2. The molecule has 1 rings (SSSR count). The summed E-state index contributed by atoms with van der Waals surface area (Å²) < 4.78 is 37.7. The quantitative estimate of drug-likeness (QED) is 0.777. The van der Waals surface area contributed by atoms with Crippen LogP contribution in [0.2, 0.25) is 0 Å². The van der Waals surface area contributed by atoms with Crippen molar-refractivity contribution in [1.29, 1.82) is 0 Å². The predicted molar refractivity (Wildman–Crippen MR) is 47.6 cm³/mol. The highest BCUT2D eigenvalue weighted by Gasteiger charge is 2.47. The molecule has 0 saturated heterocycles. The van der Waals surface area contributed by atoms with Crippen LogP contribution in [0.15, 0.2) is 24.3 Å². The number of anilines is 1. The molecule has 0 bridgehead atoms. The summed E-state index contributed by atoms with van der Waals surface area (Å²) >= 11 is 0. The second-order valence-corrected chi connectivity index (χ2v) is 2.84. The van der Waals surface area contributed by atoms with Crippen LogP contribution in [0.1, 0.15) is 0 Å². The zero-order valence-corrected chi connectivity index (χ0v) is 7.71. The monoisotopic (exact) mass is 233 g/mol. The highest BCUT2D eigenvalue weighted by Crippen LogP contribution is 2.17. The number of carboxylic acids is 1. The first-order valence-corrected chi connectivity index (χ1v) is 4.02. The highest BCUT2D eigenvalue weighted by atomic mass is 19.3. The molecule has 0 aliphatic rings. The lowest BCUT2D eigenvalue weighted by atomic mass is 10.2. The van der Waals surface area contributed by atoms with Crippen LogP contribution in [0.4, 0.5) is 18.9 Å². The maximum absolute atomic E-state index is 12.6. The third-order valence-corrected chi connectivity index (χ3v) is 1.66. The van der Waals surface area contributed by atoms with Gasteiger partial charge in [0.25, 0.3) is 0 Å². The zero-order chi connectivity index (χ0) is 12.3. The Morgan fingerprint density at radius 1 is 1.19 bits per heavy atom. The maximum atomic E-state index is 12.6. The largest absolute Gasteiger partial charge is 0.476 e. The van der Waals surface area contributed by atoms with Gasteiger partial charge in [0.1, 0.15) is 5.82 Å². The van der Waals surface area contributed by atoms with Crippen LogP contribution in [-0.4, -0.2) is 22.9 Å². The van der Waals surface area contributed by atoms with Crippen LogP contribution in [0.3, 0.4) is 0 Å². The lowest BCUT2D eigenvalue weighted by molar-refractivity contribution is -0.169. The average molecular weight is 233 g/mol. The van der Waals surface area contributed by atoms with Crippen molar-refractivity contribution in [1.82, 2.24) is 0 Å². The first kappa shape index (κ1) is 12.0. The van der Waals surface area contributed by atoms with Crippen LogP contribution in [0.5, 0.6) is 0 Å². The average Bonchev–Trinajstić information content (AvgIpc) is 2.21. The van der Waals surface area contributed by atoms with Crippen molar-refractivity contribution in [3.05, 3.63) is 30.1 Å². The molecule has 1 aromatic rings. The minimum atomic E-state index is -4.52. The van der Waals surface area contributed by atoms with E-state index in [1.165, 1.54) is 0 Å². The minimum absolute atomic E-state index is 0.118. The summed E-state index contributed by atoms with van der Waals surface area (Å²) in [4.78, 5) is 20.9. The standard InChI is InChI=1S/C9H6F3NO3/c10-5-1-3-6(4-2-5)13-7(14)9(11,12)8(15)16/h1-4H,(H,13,14)(H,15,16). The number of carbonyl (C=O) groups is 2. The van der Waals surface area contributed by atoms with E-state index in [0.717, 1.165) is 24.3 Å². The lowest BCUT2D eigenvalue weighted by Crippen LogP contribution is -2.41. The van der Waals surface area contributed by atoms with Gasteiger partial charge in [-0.2, -0.15) is 8.78 Å². The van der Waals surface area contributed by atoms with Gasteiger partial charge in [0.05, 0.1) is 0 Å². The first-order chi connectivity index (χ1) is 7.34. The number of benzene rings is 1. The molecule has 0 fully saturated rings. The van der Waals surface area contributed by atoms with Gasteiger partial charge >= 0.3 is 17.8 Å². The number of halogens is 3. The molecule has 7 heteroatoms. The molecule has 0 unspecified atom stereocenters. The third kappa shape index (κ3) is 2.50. The van der Waals surface area contributed by atoms with Crippen molar-refractivity contribution >= 4 is 17.6 Å². The number of hydrogen-bond acceptors (Lipinski definition) is 2. The number of rotatable bonds is 3. The summed E-state index contributed by atoms with van der Waals surface area (Å²) in [6.07, 6.45) is 0. The number of carboxylic acid groups (broad SMARTS) is 1. The fraction of sp³-hybridized carbons (Fsp3) is 0.111. The van der Waals surface area contributed by atoms with Gasteiger partial charge in [-0.1, -0.05) is 0 Å². The topological polar surface area (TPSA) is 66.4 Å². The Kier molecular flexibility index (Phi) is 3.17. The Bertz CT molecular complexity index is 417. The van der Waals surface area contributed by atoms with E-state index in [4.69, 9.17) is 5.11 Å². The van der Waals surface area contributed by atoms with E-state index in [1.807, 2.05) is 0 Å². The number of aliphatic carboxylic acids is 1. The third-order valence-electron chi connectivity index (χ3n) is 1.66. The SMILES string of the molecule is O=C(O)C(F)(F)C(=O)Nc1ccc(F)cc1. The van der Waals surface area contributed by atoms with Crippen molar-refractivity contribution in [3.63, 3.8) is 0 Å². The molecule has 0 spiro atoms. The van der Waals surface area contributed by atoms with Gasteiger partial charge in [-0.05, 0) is 24.3 Å². The Balaban J connectivity index is 2.79. The predicted octanol–water partition coefficient (Wildman–Crippen LogP) is 1.48. The van der Waals surface area contributed by atoms with Crippen LogP contribution < -0.4 is 5.32 Å². The van der Waals surface area contributed by atoms with Crippen molar-refractivity contribution in [2.45, 2.75) is 5.92 Å². The number of amides is 1. The molecule has 0 heterocycles. The lowest BCUT2D eigenvalue weighted by Gasteiger charge is -2.11. The second kappa shape index (κ2) is 4.21. The Morgan fingerprint density at radius 3 is 2.12 bits per heavy atom. The zero-order valence-electron chi connectivity index (χ0n) is 7.71. The van der Waals surface area contributed by atoms with E-state index < -0.39 is 23.6 Å². The summed E-state index contributed by atoms with van der Waals surface area (Å²) in [7, 11) is 0. The summed E-state index contributed by atoms with van der Waals surface area (Å²) in [5, 5.41) is 9.72. The van der Waals surface area contributed by atoms with Gasteiger partial charge in [-0.3, -0.25) is 4.79 Å². The first-order valence-electron chi connectivity index (χ1n) is 4.02. The van der Waals surface area contributed by atoms with Crippen molar-refractivity contribution < 1.29 is 27.9 Å². The van der Waals surface area contributed by atoms with E-state index >= 15 is 0 Å². The van der Waals surface area contributed by atoms with Gasteiger partial charge in [-0.25, -0.2) is 9.18 Å². The van der Waals surface area contributed by atoms with Crippen LogP contribution in [-0.2, 0) is 9.59 Å². The van der Waals surface area contributed by atoms with E-state index in [9.17, 15) is 22.8 Å². The normalized spacial score (nSPS) is 10.9. The molecule has 0 saturated carbocycles. The second-order valence-electron chi connectivity index (χ2n) is 2.84. The van der Waals surface area contributed by atoms with Gasteiger partial charge in [-0.15, -0.1) is 0 Å². The van der Waals surface area contributed by atoms with E-state index in [2.05, 4.69) is 0 Å². The van der Waals surface area contributed by atoms with Crippen molar-refractivity contribution in [3.8, 4) is 0 Å². The van der Waals surface area contributed by atoms with Crippen LogP contribution in [0.25, 0.3) is 0 Å². The van der Waals surface area contributed by atoms with Gasteiger partial charge in [0, 0.05) is 5.69 Å². The summed E-state index contributed by atoms with van der Waals surface area (Å²) in [6.45, 7) is 0. The van der Waals surface area contributed by atoms with Gasteiger partial charge in [0.2, 0.25) is 0 Å². The Hall–Kier alpha value is -2.05. The highest BCUT2D eigenvalue weighted by molar-refractivity contribution is 6.09. The molecule has 0 aromatic heterocycles. The fourth-order valence-electron chi connectivity index (χ4n) is 0.840. The van der Waals surface area contributed by atoms with Crippen molar-refractivity contribution in [2.24, 2.45) is 0 Å². The molecule has 0 aliphatic carbocycles. The molecule has 1 aromatic carbocycles. The number of alkyl halides is 2. The molecule has 2 N–H and O–H groups in total. The van der Waals surface area contributed by atoms with Crippen LogP contribution in [0, 0.1) is 5.82 Å².